The predicted molar refractivity (Wildman–Crippen MR) is 124 cm³/mol. The molecule has 1 amide bonds. The molecule has 32 heavy (non-hydrogen) atoms. The number of rotatable bonds is 6. The Morgan fingerprint density at radius 2 is 1.59 bits per heavy atom. The number of amides is 1. The summed E-state index contributed by atoms with van der Waals surface area (Å²) in [5.74, 6) is 0.185. The van der Waals surface area contributed by atoms with Crippen molar-refractivity contribution in [2.75, 3.05) is 18.4 Å². The van der Waals surface area contributed by atoms with Crippen molar-refractivity contribution in [3.05, 3.63) is 59.0 Å². The highest BCUT2D eigenvalue weighted by Crippen LogP contribution is 2.24. The number of fused-ring (bicyclic) bond motifs is 1. The van der Waals surface area contributed by atoms with Gasteiger partial charge in [-0.05, 0) is 62.1 Å². The summed E-state index contributed by atoms with van der Waals surface area (Å²) < 4.78 is 30.3. The molecule has 1 aliphatic heterocycles. The Hall–Kier alpha value is -2.91. The van der Waals surface area contributed by atoms with E-state index in [0.29, 0.717) is 36.8 Å². The van der Waals surface area contributed by atoms with Gasteiger partial charge >= 0.3 is 5.69 Å². The van der Waals surface area contributed by atoms with Gasteiger partial charge in [0, 0.05) is 25.3 Å². The van der Waals surface area contributed by atoms with E-state index in [9.17, 15) is 18.0 Å². The zero-order valence-electron chi connectivity index (χ0n) is 18.3. The Balaban J connectivity index is 1.48. The molecule has 0 saturated carbocycles. The minimum absolute atomic E-state index is 0.127. The Morgan fingerprint density at radius 3 is 2.19 bits per heavy atom. The molecular formula is C23H28N4O4S. The van der Waals surface area contributed by atoms with Crippen molar-refractivity contribution in [1.82, 2.24) is 13.4 Å². The average molecular weight is 457 g/mol. The molecule has 9 heteroatoms. The quantitative estimate of drug-likeness (QED) is 0.617. The van der Waals surface area contributed by atoms with Crippen LogP contribution >= 0.6 is 0 Å². The molecule has 0 spiro atoms. The highest BCUT2D eigenvalue weighted by molar-refractivity contribution is 7.89. The molecule has 0 radical (unpaired) electrons. The number of anilines is 1. The molecular weight excluding hydrogens is 428 g/mol. The van der Waals surface area contributed by atoms with E-state index < -0.39 is 10.0 Å². The number of carbonyl (C=O) groups excluding carboxylic acids is 1. The second kappa shape index (κ2) is 8.91. The van der Waals surface area contributed by atoms with Gasteiger partial charge in [0.2, 0.25) is 15.9 Å². The lowest BCUT2D eigenvalue weighted by molar-refractivity contribution is -0.116. The highest BCUT2D eigenvalue weighted by Gasteiger charge is 2.28. The summed E-state index contributed by atoms with van der Waals surface area (Å²) >= 11 is 0. The molecule has 0 bridgehead atoms. The lowest BCUT2D eigenvalue weighted by Crippen LogP contribution is -2.37. The molecule has 8 nitrogen and oxygen atoms in total. The number of piperidine rings is 1. The van der Waals surface area contributed by atoms with Crippen molar-refractivity contribution in [2.45, 2.75) is 44.7 Å². The lowest BCUT2D eigenvalue weighted by Gasteiger charge is -2.29. The molecule has 1 aromatic heterocycles. The number of nitrogens with one attached hydrogen (secondary N) is 1. The van der Waals surface area contributed by atoms with Gasteiger partial charge in [0.15, 0.2) is 0 Å². The van der Waals surface area contributed by atoms with Crippen LogP contribution in [-0.4, -0.2) is 40.9 Å². The zero-order valence-corrected chi connectivity index (χ0v) is 19.1. The molecule has 2 aromatic carbocycles. The number of carbonyl (C=O) groups is 1. The van der Waals surface area contributed by atoms with Crippen molar-refractivity contribution in [2.24, 2.45) is 5.92 Å². The van der Waals surface area contributed by atoms with Gasteiger partial charge in [-0.1, -0.05) is 19.1 Å². The molecule has 1 N–H and O–H groups in total. The topological polar surface area (TPSA) is 93.4 Å². The minimum atomic E-state index is -3.54. The summed E-state index contributed by atoms with van der Waals surface area (Å²) in [5.41, 5.74) is 1.73. The second-order valence-corrected chi connectivity index (χ2v) is 10.2. The van der Waals surface area contributed by atoms with E-state index in [0.717, 1.165) is 18.4 Å². The van der Waals surface area contributed by atoms with E-state index >= 15 is 0 Å². The van der Waals surface area contributed by atoms with E-state index in [1.807, 2.05) is 31.2 Å². The van der Waals surface area contributed by atoms with E-state index in [-0.39, 0.29) is 23.0 Å². The predicted octanol–water partition coefficient (Wildman–Crippen LogP) is 2.88. The van der Waals surface area contributed by atoms with Crippen LogP contribution in [-0.2, 0) is 27.9 Å². The summed E-state index contributed by atoms with van der Waals surface area (Å²) in [6, 6.07) is 13.5. The molecule has 1 aliphatic rings. The monoisotopic (exact) mass is 456 g/mol. The maximum atomic E-state index is 12.9. The first-order chi connectivity index (χ1) is 15.3. The summed E-state index contributed by atoms with van der Waals surface area (Å²) in [6.07, 6.45) is 1.72. The van der Waals surface area contributed by atoms with Gasteiger partial charge in [0.25, 0.3) is 0 Å². The number of para-hydroxylation sites is 2. The number of imidazole rings is 1. The van der Waals surface area contributed by atoms with Crippen LogP contribution in [0.15, 0.2) is 58.2 Å². The van der Waals surface area contributed by atoms with Crippen molar-refractivity contribution in [3.8, 4) is 0 Å². The summed E-state index contributed by atoms with van der Waals surface area (Å²) in [4.78, 5) is 25.6. The SMILES string of the molecule is CCn1c(=O)n(CC(=O)Nc2ccc(S(=O)(=O)N3CCC(C)CC3)cc2)c2ccccc21. The summed E-state index contributed by atoms with van der Waals surface area (Å²) in [5, 5.41) is 2.76. The largest absolute Gasteiger partial charge is 0.329 e. The molecule has 4 rings (SSSR count). The van der Waals surface area contributed by atoms with Crippen LogP contribution in [0.1, 0.15) is 26.7 Å². The molecule has 170 valence electrons. The van der Waals surface area contributed by atoms with Gasteiger partial charge in [-0.2, -0.15) is 4.31 Å². The Kier molecular flexibility index (Phi) is 6.21. The van der Waals surface area contributed by atoms with Crippen molar-refractivity contribution in [1.29, 1.82) is 0 Å². The van der Waals surface area contributed by atoms with Gasteiger partial charge in [-0.25, -0.2) is 13.2 Å². The first-order valence-electron chi connectivity index (χ1n) is 10.9. The van der Waals surface area contributed by atoms with Crippen LogP contribution in [0.4, 0.5) is 5.69 Å². The molecule has 2 heterocycles. The first kappa shape index (κ1) is 22.3. The fraction of sp³-hybridized carbons (Fsp3) is 0.391. The third kappa shape index (κ3) is 4.22. The molecule has 0 unspecified atom stereocenters. The number of sulfonamides is 1. The zero-order chi connectivity index (χ0) is 22.9. The normalized spacial score (nSPS) is 15.8. The van der Waals surface area contributed by atoms with Crippen LogP contribution in [0.5, 0.6) is 0 Å². The van der Waals surface area contributed by atoms with E-state index in [2.05, 4.69) is 12.2 Å². The van der Waals surface area contributed by atoms with Crippen LogP contribution in [0.2, 0.25) is 0 Å². The average Bonchev–Trinajstić information content (AvgIpc) is 3.05. The number of benzene rings is 2. The fourth-order valence-electron chi connectivity index (χ4n) is 4.16. The fourth-order valence-corrected chi connectivity index (χ4v) is 5.63. The van der Waals surface area contributed by atoms with Crippen LogP contribution in [0.25, 0.3) is 11.0 Å². The van der Waals surface area contributed by atoms with Gasteiger partial charge in [0.1, 0.15) is 6.54 Å². The number of aryl methyl sites for hydroxylation is 1. The third-order valence-corrected chi connectivity index (χ3v) is 7.97. The Labute approximate surface area is 187 Å². The maximum Gasteiger partial charge on any atom is 0.329 e. The van der Waals surface area contributed by atoms with Gasteiger partial charge in [-0.15, -0.1) is 0 Å². The number of nitrogens with zero attached hydrogens (tertiary/aromatic N) is 3. The molecule has 1 saturated heterocycles. The van der Waals surface area contributed by atoms with Crippen molar-refractivity contribution in [3.63, 3.8) is 0 Å². The number of aromatic nitrogens is 2. The maximum absolute atomic E-state index is 12.9. The molecule has 0 aliphatic carbocycles. The van der Waals surface area contributed by atoms with E-state index in [1.165, 1.54) is 21.0 Å². The smallest absolute Gasteiger partial charge is 0.325 e. The van der Waals surface area contributed by atoms with Gasteiger partial charge < -0.3 is 5.32 Å². The number of hydrogen-bond acceptors (Lipinski definition) is 4. The molecule has 0 atom stereocenters. The summed E-state index contributed by atoms with van der Waals surface area (Å²) in [6.45, 7) is 5.47. The van der Waals surface area contributed by atoms with Crippen LogP contribution in [0, 0.1) is 5.92 Å². The molecule has 1 fully saturated rings. The Bertz CT molecular complexity index is 1280. The standard InChI is InChI=1S/C23H28N4O4S/c1-3-26-20-6-4-5-7-21(20)27(23(26)29)16-22(28)24-18-8-10-19(11-9-18)32(30,31)25-14-12-17(2)13-15-25/h4-11,17H,3,12-16H2,1-2H3,(H,24,28). The highest BCUT2D eigenvalue weighted by atomic mass is 32.2. The van der Waals surface area contributed by atoms with Crippen LogP contribution < -0.4 is 11.0 Å². The summed E-state index contributed by atoms with van der Waals surface area (Å²) in [7, 11) is -3.54. The second-order valence-electron chi connectivity index (χ2n) is 8.26. The van der Waals surface area contributed by atoms with Gasteiger partial charge in [0.05, 0.1) is 15.9 Å². The van der Waals surface area contributed by atoms with Crippen molar-refractivity contribution < 1.29 is 13.2 Å². The van der Waals surface area contributed by atoms with Gasteiger partial charge in [-0.3, -0.25) is 13.9 Å². The van der Waals surface area contributed by atoms with E-state index in [1.54, 1.807) is 16.7 Å². The number of hydrogen-bond donors (Lipinski definition) is 1. The van der Waals surface area contributed by atoms with Crippen LogP contribution in [0.3, 0.4) is 0 Å². The Morgan fingerprint density at radius 1 is 1.00 bits per heavy atom. The minimum Gasteiger partial charge on any atom is -0.325 e. The first-order valence-corrected chi connectivity index (χ1v) is 12.3. The third-order valence-electron chi connectivity index (χ3n) is 6.06. The lowest BCUT2D eigenvalue weighted by atomic mass is 10.0. The van der Waals surface area contributed by atoms with E-state index in [4.69, 9.17) is 0 Å². The van der Waals surface area contributed by atoms with Crippen molar-refractivity contribution >= 4 is 32.7 Å². The molecule has 3 aromatic rings.